The number of ether oxygens (including phenoxy) is 3. The number of fused-ring (bicyclic) bond motifs is 8. The quantitative estimate of drug-likeness (QED) is 0.144. The van der Waals surface area contributed by atoms with Crippen LogP contribution < -0.4 is 9.47 Å². The fourth-order valence-corrected chi connectivity index (χ4v) is 7.14. The highest BCUT2D eigenvalue weighted by Crippen LogP contribution is 2.54. The Morgan fingerprint density at radius 3 is 1.75 bits per heavy atom. The van der Waals surface area contributed by atoms with E-state index >= 15 is 0 Å². The van der Waals surface area contributed by atoms with Crippen LogP contribution in [0.5, 0.6) is 11.5 Å². The molecule has 1 fully saturated rings. The van der Waals surface area contributed by atoms with Crippen LogP contribution in [0.25, 0.3) is 49.1 Å². The summed E-state index contributed by atoms with van der Waals surface area (Å²) in [6.07, 6.45) is 0. The van der Waals surface area contributed by atoms with Gasteiger partial charge in [0.05, 0.1) is 11.1 Å². The molecule has 5 heteroatoms. The van der Waals surface area contributed by atoms with Gasteiger partial charge in [-0.15, -0.1) is 0 Å². The van der Waals surface area contributed by atoms with Gasteiger partial charge < -0.3 is 18.8 Å². The second-order valence-corrected chi connectivity index (χ2v) is 11.9. The van der Waals surface area contributed by atoms with E-state index in [2.05, 4.69) is 54.9 Å². The molecule has 5 aromatic carbocycles. The van der Waals surface area contributed by atoms with Crippen molar-refractivity contribution in [1.29, 1.82) is 0 Å². The fraction of sp³-hybridized carbons (Fsp3) is 0.154. The van der Waals surface area contributed by atoms with Gasteiger partial charge in [0.15, 0.2) is 0 Å². The summed E-state index contributed by atoms with van der Waals surface area (Å²) in [6.45, 7) is 8.02. The van der Waals surface area contributed by atoms with Gasteiger partial charge in [-0.1, -0.05) is 84.4 Å². The molecule has 1 spiro atoms. The second-order valence-electron chi connectivity index (χ2n) is 11.9. The molecule has 5 nitrogen and oxygen atoms in total. The van der Waals surface area contributed by atoms with Crippen molar-refractivity contribution in [3.05, 3.63) is 125 Å². The minimum atomic E-state index is -1.81. The lowest BCUT2D eigenvalue weighted by Gasteiger charge is -2.29. The summed E-state index contributed by atoms with van der Waals surface area (Å²) in [6, 6.07) is 32.8. The first kappa shape index (κ1) is 26.3. The summed E-state index contributed by atoms with van der Waals surface area (Å²) < 4.78 is 22.2. The normalized spacial score (nSPS) is 16.4. The van der Waals surface area contributed by atoms with E-state index in [9.17, 15) is 4.79 Å². The Kier molecular flexibility index (Phi) is 5.60. The highest BCUT2D eigenvalue weighted by Gasteiger charge is 2.57. The molecule has 0 saturated carbocycles. The van der Waals surface area contributed by atoms with E-state index in [-0.39, 0.29) is 0 Å². The summed E-state index contributed by atoms with van der Waals surface area (Å²) in [5.41, 5.74) is 7.75. The van der Waals surface area contributed by atoms with Crippen LogP contribution in [0.15, 0.2) is 114 Å². The van der Waals surface area contributed by atoms with Crippen LogP contribution in [0.4, 0.5) is 0 Å². The van der Waals surface area contributed by atoms with E-state index in [0.717, 1.165) is 66.0 Å². The van der Waals surface area contributed by atoms with Gasteiger partial charge in [-0.05, 0) is 73.0 Å². The van der Waals surface area contributed by atoms with Crippen LogP contribution in [0.3, 0.4) is 0 Å². The van der Waals surface area contributed by atoms with Crippen molar-refractivity contribution in [1.82, 2.24) is 4.57 Å². The molecule has 0 aliphatic carbocycles. The number of benzene rings is 5. The molecule has 0 N–H and O–H groups in total. The number of carbonyl (C=O) groups is 1. The van der Waals surface area contributed by atoms with Crippen LogP contribution in [0.2, 0.25) is 0 Å². The number of nitrogens with zero attached hydrogens (tertiary/aromatic N) is 1. The number of aromatic nitrogens is 1. The van der Waals surface area contributed by atoms with Crippen molar-refractivity contribution in [2.75, 3.05) is 0 Å². The van der Waals surface area contributed by atoms with Gasteiger partial charge >= 0.3 is 11.9 Å². The summed E-state index contributed by atoms with van der Waals surface area (Å²) in [5, 5.41) is 5.31. The molecule has 3 heterocycles. The van der Waals surface area contributed by atoms with Crippen molar-refractivity contribution in [2.24, 2.45) is 7.05 Å². The molecular weight excluding hydrogens is 546 g/mol. The summed E-state index contributed by atoms with van der Waals surface area (Å²) >= 11 is 0. The van der Waals surface area contributed by atoms with E-state index in [1.165, 1.54) is 0 Å². The van der Waals surface area contributed by atoms with Crippen LogP contribution >= 0.6 is 0 Å². The number of allylic oxidation sites excluding steroid dienone is 2. The highest BCUT2D eigenvalue weighted by atomic mass is 16.9. The number of rotatable bonds is 1. The number of para-hydroxylation sites is 1. The molecule has 1 saturated heterocycles. The zero-order valence-corrected chi connectivity index (χ0v) is 25.3. The van der Waals surface area contributed by atoms with Crippen LogP contribution in [0.1, 0.15) is 32.0 Å². The Balaban J connectivity index is 1.43. The largest absolute Gasteiger partial charge is 0.450 e. The molecule has 0 atom stereocenters. The predicted molar refractivity (Wildman–Crippen MR) is 176 cm³/mol. The summed E-state index contributed by atoms with van der Waals surface area (Å²) in [7, 11) is 2.05. The fourth-order valence-electron chi connectivity index (χ4n) is 7.14. The van der Waals surface area contributed by atoms with Gasteiger partial charge in [0.25, 0.3) is 0 Å². The van der Waals surface area contributed by atoms with Gasteiger partial charge in [-0.3, -0.25) is 0 Å². The lowest BCUT2D eigenvalue weighted by Crippen LogP contribution is -2.43. The summed E-state index contributed by atoms with van der Waals surface area (Å²) in [5.74, 6) is -1.11. The van der Waals surface area contributed by atoms with Crippen LogP contribution in [0, 0.1) is 6.92 Å². The topological polar surface area (TPSA) is 49.7 Å². The standard InChI is InChI=1S/C39H31NO4/c1-22(2)37-34(23(3)33-24(4)40(5)30-17-11-10-16-29(30)33)38(41)44-39(37)42-31-20-18-25-12-6-8-14-27(25)35(31)36-28-15-9-7-13-26(28)19-21-32(36)43-39/h6-21H,1-5H3/b34-23+. The first-order valence-corrected chi connectivity index (χ1v) is 14.9. The molecule has 0 amide bonds. The maximum Gasteiger partial charge on any atom is 0.450 e. The number of hydrogen-bond acceptors (Lipinski definition) is 4. The van der Waals surface area contributed by atoms with Gasteiger partial charge in [0.1, 0.15) is 11.5 Å². The van der Waals surface area contributed by atoms with Gasteiger partial charge in [0, 0.05) is 40.3 Å². The first-order chi connectivity index (χ1) is 21.3. The van der Waals surface area contributed by atoms with Crippen molar-refractivity contribution in [3.8, 4) is 22.6 Å². The van der Waals surface area contributed by atoms with E-state index in [0.29, 0.717) is 22.6 Å². The Labute approximate surface area is 255 Å². The average Bonchev–Trinajstić information content (AvgIpc) is 3.39. The Hall–Kier alpha value is -5.29. The zero-order chi connectivity index (χ0) is 30.3. The molecular formula is C39H31NO4. The van der Waals surface area contributed by atoms with Crippen molar-refractivity contribution in [2.45, 2.75) is 33.7 Å². The Morgan fingerprint density at radius 1 is 0.659 bits per heavy atom. The molecule has 6 aromatic rings. The highest BCUT2D eigenvalue weighted by molar-refractivity contribution is 6.11. The maximum absolute atomic E-state index is 14.1. The maximum atomic E-state index is 14.1. The van der Waals surface area contributed by atoms with Crippen molar-refractivity contribution < 1.29 is 19.0 Å². The van der Waals surface area contributed by atoms with Gasteiger partial charge in [-0.2, -0.15) is 0 Å². The number of carbonyl (C=O) groups excluding carboxylic acids is 1. The molecule has 44 heavy (non-hydrogen) atoms. The first-order valence-electron chi connectivity index (χ1n) is 14.9. The molecule has 2 aliphatic heterocycles. The molecule has 8 rings (SSSR count). The summed E-state index contributed by atoms with van der Waals surface area (Å²) in [4.78, 5) is 14.1. The van der Waals surface area contributed by atoms with E-state index in [4.69, 9.17) is 14.2 Å². The number of hydrogen-bond donors (Lipinski definition) is 0. The molecule has 216 valence electrons. The lowest BCUT2D eigenvalue weighted by molar-refractivity contribution is -0.244. The van der Waals surface area contributed by atoms with Crippen molar-refractivity contribution in [3.63, 3.8) is 0 Å². The third kappa shape index (κ3) is 3.56. The minimum Gasteiger partial charge on any atom is -0.416 e. The average molecular weight is 578 g/mol. The monoisotopic (exact) mass is 577 g/mol. The van der Waals surface area contributed by atoms with E-state index in [1.54, 1.807) is 0 Å². The predicted octanol–water partition coefficient (Wildman–Crippen LogP) is 9.25. The molecule has 0 radical (unpaired) electrons. The molecule has 1 aromatic heterocycles. The van der Waals surface area contributed by atoms with E-state index < -0.39 is 11.9 Å². The van der Waals surface area contributed by atoms with Gasteiger partial charge in [-0.25, -0.2) is 4.79 Å². The molecule has 0 bridgehead atoms. The lowest BCUT2D eigenvalue weighted by atomic mass is 9.92. The zero-order valence-electron chi connectivity index (χ0n) is 25.3. The molecule has 2 aliphatic rings. The Morgan fingerprint density at radius 2 is 1.18 bits per heavy atom. The number of esters is 1. The Bertz CT molecular complexity index is 2190. The second kappa shape index (κ2) is 9.35. The smallest absolute Gasteiger partial charge is 0.416 e. The SMILES string of the molecule is CC(C)=C1/C(=C(/C)c2c(C)n(C)c3ccccc23)C(=O)OC12Oc1ccc3ccccc3c1-c1c(ccc3ccccc13)O2. The van der Waals surface area contributed by atoms with E-state index in [1.807, 2.05) is 81.4 Å². The van der Waals surface area contributed by atoms with Crippen molar-refractivity contribution >= 4 is 44.0 Å². The third-order valence-electron chi connectivity index (χ3n) is 9.16. The van der Waals surface area contributed by atoms with Gasteiger partial charge in [0.2, 0.25) is 0 Å². The third-order valence-corrected chi connectivity index (χ3v) is 9.16. The molecule has 0 unspecified atom stereocenters. The van der Waals surface area contributed by atoms with Crippen LogP contribution in [-0.2, 0) is 16.6 Å². The van der Waals surface area contributed by atoms with Crippen LogP contribution in [-0.4, -0.2) is 16.5 Å². The number of aryl methyl sites for hydroxylation is 1. The minimum absolute atomic E-state index is 0.469.